The number of anilines is 1. The van der Waals surface area contributed by atoms with E-state index in [4.69, 9.17) is 0 Å². The van der Waals surface area contributed by atoms with Crippen LogP contribution in [0.2, 0.25) is 0 Å². The van der Waals surface area contributed by atoms with Gasteiger partial charge in [-0.25, -0.2) is 17.2 Å². The number of para-hydroxylation sites is 1. The van der Waals surface area contributed by atoms with E-state index in [0.717, 1.165) is 25.2 Å². The van der Waals surface area contributed by atoms with Gasteiger partial charge in [0.15, 0.2) is 17.4 Å². The maximum atomic E-state index is 13.7. The Morgan fingerprint density at radius 2 is 1.50 bits per heavy atom. The summed E-state index contributed by atoms with van der Waals surface area (Å²) >= 11 is 0. The highest BCUT2D eigenvalue weighted by Crippen LogP contribution is 2.27. The van der Waals surface area contributed by atoms with Crippen molar-refractivity contribution in [3.05, 3.63) is 59.7 Å². The summed E-state index contributed by atoms with van der Waals surface area (Å²) in [4.78, 5) is 11.0. The average molecular weight is 325 g/mol. The summed E-state index contributed by atoms with van der Waals surface area (Å²) < 4.78 is 52.8. The van der Waals surface area contributed by atoms with Crippen LogP contribution in [0.25, 0.3) is 0 Å². The number of sulfonamides is 1. The quantitative estimate of drug-likeness (QED) is 0.812. The lowest BCUT2D eigenvalue weighted by atomic mass is 10.2. The first kappa shape index (κ1) is 16.1. The first-order valence-corrected chi connectivity index (χ1v) is 7.73. The van der Waals surface area contributed by atoms with Gasteiger partial charge in [0.05, 0.1) is 4.90 Å². The van der Waals surface area contributed by atoms with Gasteiger partial charge in [0.1, 0.15) is 5.69 Å². The number of hydrogen-bond acceptors (Lipinski definition) is 3. The molecule has 2 aromatic carbocycles. The normalized spacial score (nSPS) is 11.3. The molecular formula is C15H13F2NO3S. The molecule has 22 heavy (non-hydrogen) atoms. The second kappa shape index (κ2) is 5.84. The first-order chi connectivity index (χ1) is 10.2. The van der Waals surface area contributed by atoms with Gasteiger partial charge in [-0.3, -0.25) is 9.10 Å². The van der Waals surface area contributed by atoms with E-state index >= 15 is 0 Å². The van der Waals surface area contributed by atoms with Gasteiger partial charge in [0.25, 0.3) is 10.0 Å². The molecule has 0 saturated heterocycles. The molecule has 2 rings (SSSR count). The average Bonchev–Trinajstić information content (AvgIpc) is 2.47. The predicted octanol–water partition coefficient (Wildman–Crippen LogP) is 2.99. The van der Waals surface area contributed by atoms with E-state index in [-0.39, 0.29) is 10.7 Å². The minimum atomic E-state index is -4.14. The molecule has 0 aliphatic heterocycles. The fourth-order valence-corrected chi connectivity index (χ4v) is 3.14. The molecule has 0 aromatic heterocycles. The lowest BCUT2D eigenvalue weighted by Crippen LogP contribution is -2.28. The molecule has 0 fully saturated rings. The lowest BCUT2D eigenvalue weighted by molar-refractivity contribution is 0.101. The lowest BCUT2D eigenvalue weighted by Gasteiger charge is -2.20. The van der Waals surface area contributed by atoms with Crippen molar-refractivity contribution in [2.45, 2.75) is 11.8 Å². The van der Waals surface area contributed by atoms with Crippen LogP contribution in [0.5, 0.6) is 0 Å². The molecule has 0 amide bonds. The van der Waals surface area contributed by atoms with E-state index in [1.165, 1.54) is 31.2 Å². The Hall–Kier alpha value is -2.28. The largest absolute Gasteiger partial charge is 0.295 e. The fourth-order valence-electron chi connectivity index (χ4n) is 1.93. The second-order valence-electron chi connectivity index (χ2n) is 4.62. The van der Waals surface area contributed by atoms with Crippen molar-refractivity contribution in [2.24, 2.45) is 0 Å². The zero-order valence-corrected chi connectivity index (χ0v) is 12.7. The van der Waals surface area contributed by atoms with Gasteiger partial charge in [0, 0.05) is 12.6 Å². The van der Waals surface area contributed by atoms with Gasteiger partial charge in [-0.2, -0.15) is 0 Å². The van der Waals surface area contributed by atoms with Crippen molar-refractivity contribution in [2.75, 3.05) is 11.4 Å². The van der Waals surface area contributed by atoms with Crippen LogP contribution in [0.3, 0.4) is 0 Å². The van der Waals surface area contributed by atoms with Crippen LogP contribution in [0.4, 0.5) is 14.5 Å². The maximum Gasteiger partial charge on any atom is 0.264 e. The molecule has 0 aliphatic carbocycles. The van der Waals surface area contributed by atoms with Crippen molar-refractivity contribution in [1.82, 2.24) is 0 Å². The van der Waals surface area contributed by atoms with Crippen LogP contribution in [0, 0.1) is 11.6 Å². The number of ketones is 1. The molecule has 0 bridgehead atoms. The molecule has 4 nitrogen and oxygen atoms in total. The third-order valence-electron chi connectivity index (χ3n) is 3.17. The van der Waals surface area contributed by atoms with E-state index in [9.17, 15) is 22.0 Å². The summed E-state index contributed by atoms with van der Waals surface area (Å²) in [6.07, 6.45) is 0. The zero-order chi connectivity index (χ0) is 16.5. The van der Waals surface area contributed by atoms with Gasteiger partial charge in [0.2, 0.25) is 0 Å². The van der Waals surface area contributed by atoms with Crippen molar-refractivity contribution in [3.63, 3.8) is 0 Å². The van der Waals surface area contributed by atoms with Crippen LogP contribution in [0.15, 0.2) is 47.4 Å². The number of hydrogen-bond donors (Lipinski definition) is 0. The number of halogens is 2. The Morgan fingerprint density at radius 1 is 1.00 bits per heavy atom. The summed E-state index contributed by atoms with van der Waals surface area (Å²) in [6, 6.07) is 8.24. The molecule has 116 valence electrons. The van der Waals surface area contributed by atoms with Gasteiger partial charge < -0.3 is 0 Å². The molecule has 0 heterocycles. The van der Waals surface area contributed by atoms with Crippen molar-refractivity contribution < 1.29 is 22.0 Å². The van der Waals surface area contributed by atoms with E-state index in [1.54, 1.807) is 0 Å². The van der Waals surface area contributed by atoms with E-state index in [0.29, 0.717) is 9.87 Å². The second-order valence-corrected chi connectivity index (χ2v) is 6.59. The highest BCUT2D eigenvalue weighted by Gasteiger charge is 2.26. The van der Waals surface area contributed by atoms with Crippen LogP contribution in [-0.2, 0) is 10.0 Å². The molecule has 0 saturated carbocycles. The Bertz CT molecular complexity index is 797. The minimum absolute atomic E-state index is 0.164. The van der Waals surface area contributed by atoms with Crippen LogP contribution in [0.1, 0.15) is 17.3 Å². The SMILES string of the molecule is CC(=O)c1ccc(S(=O)(=O)N(C)c2c(F)cccc2F)cc1. The highest BCUT2D eigenvalue weighted by atomic mass is 32.2. The maximum absolute atomic E-state index is 13.7. The number of carbonyl (C=O) groups is 1. The first-order valence-electron chi connectivity index (χ1n) is 6.29. The highest BCUT2D eigenvalue weighted by molar-refractivity contribution is 7.92. The van der Waals surface area contributed by atoms with Crippen molar-refractivity contribution >= 4 is 21.5 Å². The van der Waals surface area contributed by atoms with Gasteiger partial charge in [-0.15, -0.1) is 0 Å². The molecule has 0 atom stereocenters. The molecule has 0 unspecified atom stereocenters. The summed E-state index contributed by atoms with van der Waals surface area (Å²) in [7, 11) is -3.07. The zero-order valence-electron chi connectivity index (χ0n) is 11.9. The Balaban J connectivity index is 2.48. The van der Waals surface area contributed by atoms with Gasteiger partial charge >= 0.3 is 0 Å². The minimum Gasteiger partial charge on any atom is -0.295 e. The summed E-state index contributed by atoms with van der Waals surface area (Å²) in [6.45, 7) is 1.35. The standard InChI is InChI=1S/C15H13F2NO3S/c1-10(19)11-6-8-12(9-7-11)22(20,21)18(2)15-13(16)4-3-5-14(15)17/h3-9H,1-2H3. The fraction of sp³-hybridized carbons (Fsp3) is 0.133. The molecule has 7 heteroatoms. The predicted molar refractivity (Wildman–Crippen MR) is 78.4 cm³/mol. The molecule has 2 aromatic rings. The molecule has 0 aliphatic rings. The summed E-state index contributed by atoms with van der Waals surface area (Å²) in [5, 5.41) is 0. The van der Waals surface area contributed by atoms with Crippen LogP contribution in [-0.4, -0.2) is 21.2 Å². The van der Waals surface area contributed by atoms with Crippen LogP contribution < -0.4 is 4.31 Å². The third-order valence-corrected chi connectivity index (χ3v) is 4.94. The molecule has 0 radical (unpaired) electrons. The monoisotopic (exact) mass is 325 g/mol. The Labute approximate surface area is 127 Å². The van der Waals surface area contributed by atoms with Crippen LogP contribution >= 0.6 is 0 Å². The topological polar surface area (TPSA) is 54.5 Å². The summed E-state index contributed by atoms with van der Waals surface area (Å²) in [5.41, 5.74) is -0.309. The molecule has 0 spiro atoms. The Kier molecular flexibility index (Phi) is 4.27. The van der Waals surface area contributed by atoms with E-state index in [1.807, 2.05) is 0 Å². The summed E-state index contributed by atoms with van der Waals surface area (Å²) in [5.74, 6) is -2.17. The smallest absolute Gasteiger partial charge is 0.264 e. The number of rotatable bonds is 4. The van der Waals surface area contributed by atoms with Gasteiger partial charge in [-0.05, 0) is 31.2 Å². The van der Waals surface area contributed by atoms with E-state index in [2.05, 4.69) is 0 Å². The molecule has 0 N–H and O–H groups in total. The third kappa shape index (κ3) is 2.85. The number of benzene rings is 2. The van der Waals surface area contributed by atoms with Crippen molar-refractivity contribution in [1.29, 1.82) is 0 Å². The van der Waals surface area contributed by atoms with E-state index < -0.39 is 27.3 Å². The number of nitrogens with zero attached hydrogens (tertiary/aromatic N) is 1. The molecular weight excluding hydrogens is 312 g/mol. The van der Waals surface area contributed by atoms with Crippen molar-refractivity contribution in [3.8, 4) is 0 Å². The number of carbonyl (C=O) groups excluding carboxylic acids is 1. The van der Waals surface area contributed by atoms with Gasteiger partial charge in [-0.1, -0.05) is 18.2 Å². The Morgan fingerprint density at radius 3 is 1.95 bits per heavy atom. The number of Topliss-reactive ketones (excluding diaryl/α,β-unsaturated/α-hetero) is 1.